The number of aromatic nitrogens is 5. The maximum atomic E-state index is 13.3. The Morgan fingerprint density at radius 1 is 1.00 bits per heavy atom. The summed E-state index contributed by atoms with van der Waals surface area (Å²) in [6.07, 6.45) is 5.51. The number of tetrazole rings is 1. The van der Waals surface area contributed by atoms with E-state index >= 15 is 0 Å². The zero-order chi connectivity index (χ0) is 21.5. The van der Waals surface area contributed by atoms with Crippen LogP contribution < -0.4 is 5.56 Å². The van der Waals surface area contributed by atoms with E-state index in [4.69, 9.17) is 0 Å². The number of hydrogen-bond donors (Lipinski definition) is 1. The number of fused-ring (bicyclic) bond motifs is 2. The standard InChI is InChI=1S/C25H26N6O/c32-25-21(15-18-8-3-6-12-22(18)26-25)23(24-27-28-29-31(24)20-10-4-5-11-20)30-14-13-17-7-1-2-9-19(17)16-30/h1-3,6-9,12,15,20,23H,4-5,10-11,13-14,16H2,(H,26,32)/t23-/m0/s1. The third kappa shape index (κ3) is 3.33. The molecule has 6 rings (SSSR count). The molecule has 162 valence electrons. The third-order valence-corrected chi connectivity index (χ3v) is 7.04. The molecule has 3 heterocycles. The number of rotatable bonds is 4. The van der Waals surface area contributed by atoms with Gasteiger partial charge in [-0.05, 0) is 58.3 Å². The molecule has 7 heteroatoms. The number of benzene rings is 2. The molecule has 0 bridgehead atoms. The molecule has 4 aromatic rings. The predicted molar refractivity (Wildman–Crippen MR) is 122 cm³/mol. The van der Waals surface area contributed by atoms with Gasteiger partial charge >= 0.3 is 0 Å². The van der Waals surface area contributed by atoms with Crippen LogP contribution in [0.1, 0.15) is 60.3 Å². The lowest BCUT2D eigenvalue weighted by molar-refractivity contribution is 0.190. The molecule has 0 spiro atoms. The van der Waals surface area contributed by atoms with Crippen LogP contribution in [-0.4, -0.2) is 36.6 Å². The van der Waals surface area contributed by atoms with Gasteiger partial charge in [-0.1, -0.05) is 55.3 Å². The fourth-order valence-corrected chi connectivity index (χ4v) is 5.39. The Morgan fingerprint density at radius 2 is 1.78 bits per heavy atom. The number of nitrogens with zero attached hydrogens (tertiary/aromatic N) is 5. The Bertz CT molecular complexity index is 1320. The van der Waals surface area contributed by atoms with Gasteiger partial charge in [0, 0.05) is 24.2 Å². The summed E-state index contributed by atoms with van der Waals surface area (Å²) in [5.41, 5.74) is 4.16. The van der Waals surface area contributed by atoms with E-state index < -0.39 is 0 Å². The molecule has 32 heavy (non-hydrogen) atoms. The Labute approximate surface area is 186 Å². The number of H-pyrrole nitrogens is 1. The molecule has 0 saturated heterocycles. The fraction of sp³-hybridized carbons (Fsp3) is 0.360. The second-order valence-corrected chi connectivity index (χ2v) is 8.95. The molecule has 1 saturated carbocycles. The number of para-hydroxylation sites is 1. The van der Waals surface area contributed by atoms with Crippen molar-refractivity contribution in [3.63, 3.8) is 0 Å². The molecular weight excluding hydrogens is 400 g/mol. The number of aromatic amines is 1. The largest absolute Gasteiger partial charge is 0.322 e. The average molecular weight is 427 g/mol. The van der Waals surface area contributed by atoms with Crippen LogP contribution >= 0.6 is 0 Å². The Kier molecular flexibility index (Phi) is 4.83. The summed E-state index contributed by atoms with van der Waals surface area (Å²) in [5.74, 6) is 0.775. The van der Waals surface area contributed by atoms with E-state index in [0.717, 1.165) is 49.1 Å². The second kappa shape index (κ2) is 7.98. The topological polar surface area (TPSA) is 79.7 Å². The van der Waals surface area contributed by atoms with Crippen molar-refractivity contribution >= 4 is 10.9 Å². The smallest absolute Gasteiger partial charge is 0.253 e. The van der Waals surface area contributed by atoms with Gasteiger partial charge in [-0.3, -0.25) is 9.69 Å². The average Bonchev–Trinajstić information content (AvgIpc) is 3.52. The Morgan fingerprint density at radius 3 is 2.66 bits per heavy atom. The molecule has 1 atom stereocenters. The van der Waals surface area contributed by atoms with Crippen molar-refractivity contribution in [2.75, 3.05) is 6.54 Å². The highest BCUT2D eigenvalue weighted by molar-refractivity contribution is 5.78. The first-order valence-electron chi connectivity index (χ1n) is 11.5. The van der Waals surface area contributed by atoms with E-state index in [1.165, 1.54) is 24.0 Å². The van der Waals surface area contributed by atoms with Gasteiger partial charge in [-0.2, -0.15) is 0 Å². The first-order chi connectivity index (χ1) is 15.8. The molecular formula is C25H26N6O. The van der Waals surface area contributed by atoms with Crippen LogP contribution in [0.2, 0.25) is 0 Å². The second-order valence-electron chi connectivity index (χ2n) is 8.95. The Hall–Kier alpha value is -3.32. The van der Waals surface area contributed by atoms with Gasteiger partial charge in [-0.15, -0.1) is 5.10 Å². The quantitative estimate of drug-likeness (QED) is 0.537. The zero-order valence-electron chi connectivity index (χ0n) is 17.9. The normalized spacial score (nSPS) is 18.1. The van der Waals surface area contributed by atoms with Crippen molar-refractivity contribution < 1.29 is 0 Å². The minimum absolute atomic E-state index is 0.0754. The van der Waals surface area contributed by atoms with Crippen molar-refractivity contribution in [1.29, 1.82) is 0 Å². The minimum atomic E-state index is -0.299. The van der Waals surface area contributed by atoms with Gasteiger partial charge in [0.05, 0.1) is 6.04 Å². The first kappa shape index (κ1) is 19.4. The Balaban J connectivity index is 1.50. The molecule has 1 aliphatic heterocycles. The van der Waals surface area contributed by atoms with Gasteiger partial charge in [0.2, 0.25) is 0 Å². The molecule has 2 aliphatic rings. The van der Waals surface area contributed by atoms with Crippen LogP contribution in [0.3, 0.4) is 0 Å². The molecule has 7 nitrogen and oxygen atoms in total. The third-order valence-electron chi connectivity index (χ3n) is 7.04. The summed E-state index contributed by atoms with van der Waals surface area (Å²) in [6.45, 7) is 1.62. The summed E-state index contributed by atoms with van der Waals surface area (Å²) >= 11 is 0. The van der Waals surface area contributed by atoms with Crippen LogP contribution in [0.4, 0.5) is 0 Å². The van der Waals surface area contributed by atoms with Crippen molar-refractivity contribution in [3.8, 4) is 0 Å². The molecule has 2 aromatic carbocycles. The number of hydrogen-bond acceptors (Lipinski definition) is 5. The molecule has 0 radical (unpaired) electrons. The monoisotopic (exact) mass is 426 g/mol. The van der Waals surface area contributed by atoms with Gasteiger partial charge in [0.25, 0.3) is 5.56 Å². The van der Waals surface area contributed by atoms with E-state index in [1.54, 1.807) is 0 Å². The first-order valence-corrected chi connectivity index (χ1v) is 11.5. The van der Waals surface area contributed by atoms with Crippen molar-refractivity contribution in [2.45, 2.75) is 50.7 Å². The van der Waals surface area contributed by atoms with Gasteiger partial charge in [0.15, 0.2) is 5.82 Å². The predicted octanol–water partition coefficient (Wildman–Crippen LogP) is 3.78. The van der Waals surface area contributed by atoms with Crippen LogP contribution in [0.15, 0.2) is 59.4 Å². The van der Waals surface area contributed by atoms with Gasteiger partial charge in [-0.25, -0.2) is 4.68 Å². The molecule has 1 fully saturated rings. The van der Waals surface area contributed by atoms with Crippen molar-refractivity contribution in [2.24, 2.45) is 0 Å². The summed E-state index contributed by atoms with van der Waals surface area (Å²) in [7, 11) is 0. The van der Waals surface area contributed by atoms with Crippen molar-refractivity contribution in [3.05, 3.63) is 87.5 Å². The number of nitrogens with one attached hydrogen (secondary N) is 1. The molecule has 1 N–H and O–H groups in total. The van der Waals surface area contributed by atoms with Crippen LogP contribution in [0.5, 0.6) is 0 Å². The molecule has 2 aromatic heterocycles. The highest BCUT2D eigenvalue weighted by Crippen LogP contribution is 2.35. The fourth-order valence-electron chi connectivity index (χ4n) is 5.39. The summed E-state index contributed by atoms with van der Waals surface area (Å²) in [6, 6.07) is 18.5. The highest BCUT2D eigenvalue weighted by atomic mass is 16.1. The zero-order valence-corrected chi connectivity index (χ0v) is 17.9. The van der Waals surface area contributed by atoms with Crippen LogP contribution in [-0.2, 0) is 13.0 Å². The molecule has 1 aliphatic carbocycles. The SMILES string of the molecule is O=c1[nH]c2ccccc2cc1[C@@H](c1nnnn1C1CCCC1)N1CCc2ccccc2C1. The van der Waals surface area contributed by atoms with Gasteiger partial charge in [0.1, 0.15) is 6.04 Å². The van der Waals surface area contributed by atoms with Crippen LogP contribution in [0.25, 0.3) is 10.9 Å². The van der Waals surface area contributed by atoms with Gasteiger partial charge < -0.3 is 4.98 Å². The van der Waals surface area contributed by atoms with E-state index in [0.29, 0.717) is 11.6 Å². The minimum Gasteiger partial charge on any atom is -0.322 e. The molecule has 0 amide bonds. The number of pyridine rings is 1. The van der Waals surface area contributed by atoms with E-state index in [9.17, 15) is 4.79 Å². The van der Waals surface area contributed by atoms with E-state index in [-0.39, 0.29) is 11.6 Å². The lowest BCUT2D eigenvalue weighted by atomic mass is 9.96. The lowest BCUT2D eigenvalue weighted by Crippen LogP contribution is -2.39. The lowest BCUT2D eigenvalue weighted by Gasteiger charge is -2.35. The summed E-state index contributed by atoms with van der Waals surface area (Å²) in [5, 5.41) is 14.0. The van der Waals surface area contributed by atoms with E-state index in [2.05, 4.69) is 49.7 Å². The highest BCUT2D eigenvalue weighted by Gasteiger charge is 2.34. The summed E-state index contributed by atoms with van der Waals surface area (Å²) in [4.78, 5) is 18.8. The van der Waals surface area contributed by atoms with Crippen molar-refractivity contribution in [1.82, 2.24) is 30.1 Å². The molecule has 0 unspecified atom stereocenters. The summed E-state index contributed by atoms with van der Waals surface area (Å²) < 4.78 is 1.99. The van der Waals surface area contributed by atoms with E-state index in [1.807, 2.05) is 35.0 Å². The maximum absolute atomic E-state index is 13.3. The maximum Gasteiger partial charge on any atom is 0.253 e. The van der Waals surface area contributed by atoms with Crippen LogP contribution in [0, 0.1) is 0 Å².